The Morgan fingerprint density at radius 1 is 1.11 bits per heavy atom. The molecule has 0 bridgehead atoms. The van der Waals surface area contributed by atoms with Crippen LogP contribution in [0.4, 0.5) is 16.2 Å². The Hall–Kier alpha value is -3.68. The van der Waals surface area contributed by atoms with Gasteiger partial charge in [0.15, 0.2) is 0 Å². The van der Waals surface area contributed by atoms with Crippen molar-refractivity contribution in [2.24, 2.45) is 0 Å². The Bertz CT molecular complexity index is 993. The molecule has 28 heavy (non-hydrogen) atoms. The number of nitrogens with one attached hydrogen (secondary N) is 3. The number of non-ortho nitro benzene ring substituents is 1. The van der Waals surface area contributed by atoms with E-state index in [-0.39, 0.29) is 5.69 Å². The molecule has 2 aromatic carbocycles. The summed E-state index contributed by atoms with van der Waals surface area (Å²) in [7, 11) is 0. The molecule has 0 radical (unpaired) electrons. The predicted molar refractivity (Wildman–Crippen MR) is 105 cm³/mol. The fourth-order valence-electron chi connectivity index (χ4n) is 3.31. The highest BCUT2D eigenvalue weighted by molar-refractivity contribution is 6.06. The van der Waals surface area contributed by atoms with Gasteiger partial charge in [-0.2, -0.15) is 0 Å². The Balaban J connectivity index is 1.98. The van der Waals surface area contributed by atoms with Crippen molar-refractivity contribution in [2.45, 2.75) is 26.8 Å². The van der Waals surface area contributed by atoms with Gasteiger partial charge in [-0.1, -0.05) is 18.2 Å². The van der Waals surface area contributed by atoms with Crippen LogP contribution in [0.1, 0.15) is 29.7 Å². The molecule has 0 saturated heterocycles. The van der Waals surface area contributed by atoms with E-state index in [1.807, 2.05) is 32.0 Å². The highest BCUT2D eigenvalue weighted by Gasteiger charge is 2.32. The molecule has 3 rings (SSSR count). The molecule has 0 spiro atoms. The second-order valence-electron chi connectivity index (χ2n) is 6.75. The number of nitro benzene ring substituents is 1. The van der Waals surface area contributed by atoms with Crippen LogP contribution in [-0.4, -0.2) is 16.9 Å². The number of amides is 3. The van der Waals surface area contributed by atoms with Gasteiger partial charge in [0, 0.05) is 23.5 Å². The minimum atomic E-state index is -0.806. The number of nitro groups is 1. The molecule has 0 fully saturated rings. The van der Waals surface area contributed by atoms with E-state index >= 15 is 0 Å². The number of hydrogen-bond donors (Lipinski definition) is 3. The maximum atomic E-state index is 13.0. The van der Waals surface area contributed by atoms with Gasteiger partial charge in [0.2, 0.25) is 0 Å². The fourth-order valence-corrected chi connectivity index (χ4v) is 3.31. The number of nitrogens with zero attached hydrogens (tertiary/aromatic N) is 1. The van der Waals surface area contributed by atoms with Gasteiger partial charge in [0.05, 0.1) is 16.5 Å². The minimum Gasteiger partial charge on any atom is -0.327 e. The average molecular weight is 380 g/mol. The van der Waals surface area contributed by atoms with Crippen LogP contribution in [-0.2, 0) is 4.79 Å². The van der Waals surface area contributed by atoms with Crippen molar-refractivity contribution in [2.75, 3.05) is 5.32 Å². The van der Waals surface area contributed by atoms with E-state index in [0.717, 1.165) is 11.1 Å². The molecular formula is C20H20N4O4. The molecule has 1 atom stereocenters. The van der Waals surface area contributed by atoms with Gasteiger partial charge in [-0.15, -0.1) is 0 Å². The Morgan fingerprint density at radius 3 is 2.43 bits per heavy atom. The third-order valence-electron chi connectivity index (χ3n) is 4.41. The summed E-state index contributed by atoms with van der Waals surface area (Å²) < 4.78 is 0. The van der Waals surface area contributed by atoms with E-state index in [1.54, 1.807) is 13.0 Å². The summed E-state index contributed by atoms with van der Waals surface area (Å²) >= 11 is 0. The smallest absolute Gasteiger partial charge is 0.319 e. The van der Waals surface area contributed by atoms with E-state index in [4.69, 9.17) is 0 Å². The second kappa shape index (κ2) is 7.51. The molecule has 144 valence electrons. The highest BCUT2D eigenvalue weighted by Crippen LogP contribution is 2.30. The molecule has 8 heteroatoms. The van der Waals surface area contributed by atoms with Crippen molar-refractivity contribution in [3.8, 4) is 0 Å². The van der Waals surface area contributed by atoms with Crippen molar-refractivity contribution in [3.63, 3.8) is 0 Å². The second-order valence-corrected chi connectivity index (χ2v) is 6.75. The van der Waals surface area contributed by atoms with Crippen LogP contribution in [0.15, 0.2) is 53.7 Å². The summed E-state index contributed by atoms with van der Waals surface area (Å²) in [6.45, 7) is 5.49. The SMILES string of the molecule is CC1=C(C(=O)Nc2cc(C)cc(C)c2)C(c2cccc([N+](=O)[O-])c2)NC(=O)N1. The Kier molecular flexibility index (Phi) is 5.12. The van der Waals surface area contributed by atoms with Gasteiger partial charge in [-0.25, -0.2) is 4.79 Å². The lowest BCUT2D eigenvalue weighted by atomic mass is 9.94. The van der Waals surface area contributed by atoms with Gasteiger partial charge >= 0.3 is 6.03 Å². The van der Waals surface area contributed by atoms with Crippen molar-refractivity contribution in [1.82, 2.24) is 10.6 Å². The molecular weight excluding hydrogens is 360 g/mol. The van der Waals surface area contributed by atoms with Crippen LogP contribution >= 0.6 is 0 Å². The van der Waals surface area contributed by atoms with Gasteiger partial charge in [0.25, 0.3) is 11.6 Å². The molecule has 2 aromatic rings. The lowest BCUT2D eigenvalue weighted by Gasteiger charge is -2.28. The van der Waals surface area contributed by atoms with Crippen LogP contribution in [0.3, 0.4) is 0 Å². The zero-order valence-corrected chi connectivity index (χ0v) is 15.7. The van der Waals surface area contributed by atoms with Gasteiger partial charge in [-0.05, 0) is 49.6 Å². The number of anilines is 1. The lowest BCUT2D eigenvalue weighted by molar-refractivity contribution is -0.384. The number of hydrogen-bond acceptors (Lipinski definition) is 4. The van der Waals surface area contributed by atoms with Gasteiger partial charge in [-0.3, -0.25) is 14.9 Å². The molecule has 1 heterocycles. The number of allylic oxidation sites excluding steroid dienone is 1. The predicted octanol–water partition coefficient (Wildman–Crippen LogP) is 3.48. The van der Waals surface area contributed by atoms with E-state index in [0.29, 0.717) is 22.5 Å². The molecule has 1 aliphatic rings. The largest absolute Gasteiger partial charge is 0.327 e. The van der Waals surface area contributed by atoms with Crippen molar-refractivity contribution < 1.29 is 14.5 Å². The summed E-state index contributed by atoms with van der Waals surface area (Å²) in [5, 5.41) is 19.2. The van der Waals surface area contributed by atoms with Crippen molar-refractivity contribution in [3.05, 3.63) is 80.5 Å². The molecule has 1 unspecified atom stereocenters. The molecule has 3 amide bonds. The van der Waals surface area contributed by atoms with E-state index < -0.39 is 22.9 Å². The van der Waals surface area contributed by atoms with Gasteiger partial charge in [0.1, 0.15) is 0 Å². The first-order valence-corrected chi connectivity index (χ1v) is 8.67. The zero-order chi connectivity index (χ0) is 20.4. The number of rotatable bonds is 4. The zero-order valence-electron chi connectivity index (χ0n) is 15.7. The number of carbonyl (C=O) groups excluding carboxylic acids is 2. The van der Waals surface area contributed by atoms with Crippen LogP contribution < -0.4 is 16.0 Å². The average Bonchev–Trinajstić information content (AvgIpc) is 2.60. The lowest BCUT2D eigenvalue weighted by Crippen LogP contribution is -2.46. The highest BCUT2D eigenvalue weighted by atomic mass is 16.6. The topological polar surface area (TPSA) is 113 Å². The normalized spacial score (nSPS) is 16.2. The number of benzene rings is 2. The van der Waals surface area contributed by atoms with E-state index in [9.17, 15) is 19.7 Å². The quantitative estimate of drug-likeness (QED) is 0.556. The standard InChI is InChI=1S/C20H20N4O4/c1-11-7-12(2)9-15(8-11)22-19(25)17-13(3)21-20(26)23-18(17)14-5-4-6-16(10-14)24(27)28/h4-10,18H,1-3H3,(H,22,25)(H2,21,23,26). The molecule has 3 N–H and O–H groups in total. The molecule has 1 aliphatic heterocycles. The van der Waals surface area contributed by atoms with E-state index in [1.165, 1.54) is 18.2 Å². The molecule has 0 aliphatic carbocycles. The summed E-state index contributed by atoms with van der Waals surface area (Å²) in [6.07, 6.45) is 0. The third kappa shape index (κ3) is 4.01. The van der Waals surface area contributed by atoms with Crippen LogP contribution in [0.2, 0.25) is 0 Å². The van der Waals surface area contributed by atoms with Crippen LogP contribution in [0.5, 0.6) is 0 Å². The first-order chi connectivity index (χ1) is 13.2. The van der Waals surface area contributed by atoms with Crippen molar-refractivity contribution >= 4 is 23.3 Å². The summed E-state index contributed by atoms with van der Waals surface area (Å²) in [4.78, 5) is 35.6. The number of urea groups is 1. The number of aryl methyl sites for hydroxylation is 2. The third-order valence-corrected chi connectivity index (χ3v) is 4.41. The fraction of sp³-hybridized carbons (Fsp3) is 0.200. The van der Waals surface area contributed by atoms with Gasteiger partial charge < -0.3 is 16.0 Å². The van der Waals surface area contributed by atoms with E-state index in [2.05, 4.69) is 16.0 Å². The van der Waals surface area contributed by atoms with Crippen molar-refractivity contribution in [1.29, 1.82) is 0 Å². The molecule has 0 saturated carbocycles. The minimum absolute atomic E-state index is 0.114. The summed E-state index contributed by atoms with van der Waals surface area (Å²) in [5.41, 5.74) is 3.67. The maximum Gasteiger partial charge on any atom is 0.319 e. The number of carbonyl (C=O) groups is 2. The monoisotopic (exact) mass is 380 g/mol. The summed E-state index contributed by atoms with van der Waals surface area (Å²) in [5.74, 6) is -0.397. The molecule has 0 aromatic heterocycles. The van der Waals surface area contributed by atoms with Crippen LogP contribution in [0.25, 0.3) is 0 Å². The van der Waals surface area contributed by atoms with Crippen LogP contribution in [0, 0.1) is 24.0 Å². The molecule has 8 nitrogen and oxygen atoms in total. The Morgan fingerprint density at radius 2 is 1.79 bits per heavy atom. The maximum absolute atomic E-state index is 13.0. The summed E-state index contributed by atoms with van der Waals surface area (Å²) in [6, 6.07) is 10.3. The first-order valence-electron chi connectivity index (χ1n) is 8.67. The first kappa shape index (κ1) is 19.1. The Labute approximate surface area is 161 Å².